The van der Waals surface area contributed by atoms with Gasteiger partial charge in [-0.05, 0) is 12.8 Å². The first-order valence-corrected chi connectivity index (χ1v) is 8.57. The molecule has 1 fully saturated rings. The molecular formula is C18H19N5O3. The Bertz CT molecular complexity index is 883. The number of hydrogen-bond donors (Lipinski definition) is 2. The Morgan fingerprint density at radius 1 is 1.31 bits per heavy atom. The van der Waals surface area contributed by atoms with Gasteiger partial charge in [0, 0.05) is 30.7 Å². The lowest BCUT2D eigenvalue weighted by Crippen LogP contribution is -2.45. The zero-order valence-corrected chi connectivity index (χ0v) is 14.1. The molecule has 2 aromatic heterocycles. The van der Waals surface area contributed by atoms with Crippen molar-refractivity contribution in [3.8, 4) is 11.3 Å². The summed E-state index contributed by atoms with van der Waals surface area (Å²) in [6.07, 6.45) is 3.75. The van der Waals surface area contributed by atoms with E-state index in [9.17, 15) is 4.79 Å². The molecule has 0 atom stereocenters. The van der Waals surface area contributed by atoms with E-state index in [1.165, 1.54) is 0 Å². The van der Waals surface area contributed by atoms with Gasteiger partial charge in [-0.1, -0.05) is 40.7 Å². The Labute approximate surface area is 149 Å². The number of aliphatic hydroxyl groups excluding tert-OH is 1. The maximum absolute atomic E-state index is 12.4. The topological polar surface area (TPSA) is 106 Å². The number of rotatable bonds is 6. The van der Waals surface area contributed by atoms with E-state index >= 15 is 0 Å². The molecule has 26 heavy (non-hydrogen) atoms. The number of aromatic nitrogens is 4. The van der Waals surface area contributed by atoms with Crippen molar-refractivity contribution in [1.82, 2.24) is 25.5 Å². The molecule has 8 nitrogen and oxygen atoms in total. The highest BCUT2D eigenvalue weighted by molar-refractivity contribution is 5.93. The van der Waals surface area contributed by atoms with Gasteiger partial charge in [-0.15, -0.1) is 5.10 Å². The number of nitrogens with one attached hydrogen (secondary N) is 1. The second-order valence-electron chi connectivity index (χ2n) is 6.38. The van der Waals surface area contributed by atoms with E-state index in [4.69, 9.17) is 9.63 Å². The zero-order chi connectivity index (χ0) is 17.9. The van der Waals surface area contributed by atoms with E-state index in [1.54, 1.807) is 12.3 Å². The van der Waals surface area contributed by atoms with E-state index in [2.05, 4.69) is 20.8 Å². The van der Waals surface area contributed by atoms with Gasteiger partial charge < -0.3 is 14.9 Å². The quantitative estimate of drug-likeness (QED) is 0.697. The predicted octanol–water partition coefficient (Wildman–Crippen LogP) is 1.60. The second kappa shape index (κ2) is 7.09. The van der Waals surface area contributed by atoms with E-state index in [1.807, 2.05) is 35.0 Å². The first-order valence-electron chi connectivity index (χ1n) is 8.57. The summed E-state index contributed by atoms with van der Waals surface area (Å²) >= 11 is 0. The van der Waals surface area contributed by atoms with Crippen LogP contribution in [0.1, 0.15) is 35.1 Å². The van der Waals surface area contributed by atoms with E-state index in [-0.39, 0.29) is 30.3 Å². The molecule has 8 heteroatoms. The van der Waals surface area contributed by atoms with E-state index in [0.717, 1.165) is 24.1 Å². The van der Waals surface area contributed by atoms with Crippen LogP contribution in [0.15, 0.2) is 47.1 Å². The zero-order valence-electron chi connectivity index (χ0n) is 14.1. The van der Waals surface area contributed by atoms with Gasteiger partial charge in [-0.3, -0.25) is 4.79 Å². The van der Waals surface area contributed by atoms with Crippen molar-refractivity contribution in [3.63, 3.8) is 0 Å². The standard InChI is InChI=1S/C18H19N5O3/c24-7-6-14-11-19-22-23(14)15-8-13(9-15)20-18(25)16-10-17(26-21-16)12-4-2-1-3-5-12/h1-5,10-11,13,15,24H,6-9H2,(H,20,25). The molecule has 134 valence electrons. The number of carbonyl (C=O) groups is 1. The minimum atomic E-state index is -0.242. The Balaban J connectivity index is 1.34. The predicted molar refractivity (Wildman–Crippen MR) is 92.3 cm³/mol. The molecule has 0 spiro atoms. The molecule has 0 aliphatic heterocycles. The first-order chi connectivity index (χ1) is 12.7. The summed E-state index contributed by atoms with van der Waals surface area (Å²) in [5.41, 5.74) is 2.06. The number of hydrogen-bond acceptors (Lipinski definition) is 6. The lowest BCUT2D eigenvalue weighted by molar-refractivity contribution is 0.0877. The maximum atomic E-state index is 12.4. The highest BCUT2D eigenvalue weighted by Gasteiger charge is 2.34. The smallest absolute Gasteiger partial charge is 0.273 e. The molecule has 2 N–H and O–H groups in total. The van der Waals surface area contributed by atoms with Crippen molar-refractivity contribution in [1.29, 1.82) is 0 Å². The van der Waals surface area contributed by atoms with E-state index < -0.39 is 0 Å². The highest BCUT2D eigenvalue weighted by Crippen LogP contribution is 2.32. The van der Waals surface area contributed by atoms with Crippen LogP contribution in [0.25, 0.3) is 11.3 Å². The number of aliphatic hydroxyl groups is 1. The summed E-state index contributed by atoms with van der Waals surface area (Å²) in [6.45, 7) is 0.0656. The molecule has 1 saturated carbocycles. The van der Waals surface area contributed by atoms with Crippen molar-refractivity contribution in [2.45, 2.75) is 31.3 Å². The van der Waals surface area contributed by atoms with Crippen LogP contribution in [-0.2, 0) is 6.42 Å². The fraction of sp³-hybridized carbons (Fsp3) is 0.333. The fourth-order valence-corrected chi connectivity index (χ4v) is 3.15. The lowest BCUT2D eigenvalue weighted by atomic mass is 9.86. The Hall–Kier alpha value is -3.00. The molecule has 1 amide bonds. The second-order valence-corrected chi connectivity index (χ2v) is 6.38. The number of nitrogens with zero attached hydrogens (tertiary/aromatic N) is 4. The Kier molecular flexibility index (Phi) is 4.49. The molecule has 4 rings (SSSR count). The third-order valence-corrected chi connectivity index (χ3v) is 4.61. The van der Waals surface area contributed by atoms with Gasteiger partial charge in [0.1, 0.15) is 0 Å². The molecular weight excluding hydrogens is 334 g/mol. The normalized spacial score (nSPS) is 19.1. The Morgan fingerprint density at radius 2 is 2.12 bits per heavy atom. The number of amides is 1. The van der Waals surface area contributed by atoms with Gasteiger partial charge in [0.2, 0.25) is 0 Å². The van der Waals surface area contributed by atoms with Crippen LogP contribution in [0.5, 0.6) is 0 Å². The lowest BCUT2D eigenvalue weighted by Gasteiger charge is -2.36. The van der Waals surface area contributed by atoms with Crippen LogP contribution in [0.3, 0.4) is 0 Å². The van der Waals surface area contributed by atoms with Crippen molar-refractivity contribution < 1.29 is 14.4 Å². The van der Waals surface area contributed by atoms with Crippen LogP contribution in [-0.4, -0.2) is 43.8 Å². The third kappa shape index (κ3) is 3.23. The van der Waals surface area contributed by atoms with Gasteiger partial charge >= 0.3 is 0 Å². The van der Waals surface area contributed by atoms with E-state index in [0.29, 0.717) is 12.2 Å². The van der Waals surface area contributed by atoms with Gasteiger partial charge in [-0.25, -0.2) is 4.68 Å². The minimum Gasteiger partial charge on any atom is -0.396 e. The molecule has 1 aromatic carbocycles. The Morgan fingerprint density at radius 3 is 2.88 bits per heavy atom. The minimum absolute atomic E-state index is 0.0653. The summed E-state index contributed by atoms with van der Waals surface area (Å²) in [6, 6.07) is 11.4. The third-order valence-electron chi connectivity index (χ3n) is 4.61. The van der Waals surface area contributed by atoms with Gasteiger partial charge in [0.05, 0.1) is 17.9 Å². The maximum Gasteiger partial charge on any atom is 0.273 e. The molecule has 0 saturated heterocycles. The molecule has 2 heterocycles. The molecule has 0 radical (unpaired) electrons. The number of carbonyl (C=O) groups excluding carboxylic acids is 1. The van der Waals surface area contributed by atoms with Crippen molar-refractivity contribution in [3.05, 3.63) is 54.0 Å². The summed E-state index contributed by atoms with van der Waals surface area (Å²) < 4.78 is 7.11. The largest absolute Gasteiger partial charge is 0.396 e. The van der Waals surface area contributed by atoms with Crippen molar-refractivity contribution >= 4 is 5.91 Å². The van der Waals surface area contributed by atoms with Gasteiger partial charge in [0.15, 0.2) is 11.5 Å². The summed E-state index contributed by atoms with van der Waals surface area (Å²) in [5, 5.41) is 23.9. The molecule has 1 aliphatic rings. The summed E-state index contributed by atoms with van der Waals surface area (Å²) in [5.74, 6) is 0.326. The average molecular weight is 353 g/mol. The first kappa shape index (κ1) is 16.5. The molecule has 1 aliphatic carbocycles. The summed E-state index contributed by atoms with van der Waals surface area (Å²) in [7, 11) is 0. The molecule has 3 aromatic rings. The monoisotopic (exact) mass is 353 g/mol. The summed E-state index contributed by atoms with van der Waals surface area (Å²) in [4.78, 5) is 12.4. The van der Waals surface area contributed by atoms with Crippen LogP contribution in [0, 0.1) is 0 Å². The molecule has 0 unspecified atom stereocenters. The van der Waals surface area contributed by atoms with Crippen LogP contribution in [0.4, 0.5) is 0 Å². The SMILES string of the molecule is O=C(NC1CC(n2nncc2CCO)C1)c1cc(-c2ccccc2)on1. The van der Waals surface area contributed by atoms with Crippen molar-refractivity contribution in [2.24, 2.45) is 0 Å². The van der Waals surface area contributed by atoms with Crippen molar-refractivity contribution in [2.75, 3.05) is 6.61 Å². The average Bonchev–Trinajstić information content (AvgIpc) is 3.28. The van der Waals surface area contributed by atoms with Gasteiger partial charge in [0.25, 0.3) is 5.91 Å². The molecule has 0 bridgehead atoms. The number of benzene rings is 1. The van der Waals surface area contributed by atoms with Crippen LogP contribution < -0.4 is 5.32 Å². The highest BCUT2D eigenvalue weighted by atomic mass is 16.5. The fourth-order valence-electron chi connectivity index (χ4n) is 3.15. The van der Waals surface area contributed by atoms with Gasteiger partial charge in [-0.2, -0.15) is 0 Å². The van der Waals surface area contributed by atoms with Crippen LogP contribution >= 0.6 is 0 Å². The van der Waals surface area contributed by atoms with Crippen LogP contribution in [0.2, 0.25) is 0 Å².